The van der Waals surface area contributed by atoms with Gasteiger partial charge in [0, 0.05) is 18.3 Å². The number of benzene rings is 1. The summed E-state index contributed by atoms with van der Waals surface area (Å²) < 4.78 is 0. The molecule has 2 rings (SSSR count). The van der Waals surface area contributed by atoms with Crippen molar-refractivity contribution >= 4 is 0 Å². The van der Waals surface area contributed by atoms with E-state index in [2.05, 4.69) is 50.5 Å². The lowest BCUT2D eigenvalue weighted by molar-refractivity contribution is 0.252. The molecule has 23 heavy (non-hydrogen) atoms. The predicted octanol–water partition coefficient (Wildman–Crippen LogP) is 4.91. The molecule has 0 aliphatic rings. The zero-order valence-corrected chi connectivity index (χ0v) is 14.4. The van der Waals surface area contributed by atoms with Gasteiger partial charge in [-0.25, -0.2) is 0 Å². The summed E-state index contributed by atoms with van der Waals surface area (Å²) in [5, 5.41) is 9.87. The summed E-state index contributed by atoms with van der Waals surface area (Å²) in [5.41, 5.74) is 6.19. The molecule has 2 atom stereocenters. The summed E-state index contributed by atoms with van der Waals surface area (Å²) >= 11 is 0. The highest BCUT2D eigenvalue weighted by molar-refractivity contribution is 5.32. The highest BCUT2D eigenvalue weighted by Gasteiger charge is 2.20. The van der Waals surface area contributed by atoms with Gasteiger partial charge in [0.15, 0.2) is 0 Å². The molecule has 2 aromatic rings. The number of hydrogen-bond acceptors (Lipinski definition) is 2. The van der Waals surface area contributed by atoms with Gasteiger partial charge in [-0.1, -0.05) is 41.0 Å². The standard InChI is InChI=1S/C21H27NO/c1-15(2)8-19(20-10-16(3)9-17(4)11-20)12-21(14-23)18-6-5-7-22-13-18/h5-7,9-11,13,19,21,23H,1,8,12,14H2,2-4H3/t19-,21-/m0/s1. The lowest BCUT2D eigenvalue weighted by Crippen LogP contribution is -2.11. The number of aromatic nitrogens is 1. The average molecular weight is 309 g/mol. The highest BCUT2D eigenvalue weighted by Crippen LogP contribution is 2.34. The Bertz CT molecular complexity index is 628. The third-order valence-electron chi connectivity index (χ3n) is 4.26. The van der Waals surface area contributed by atoms with Crippen LogP contribution in [0.5, 0.6) is 0 Å². The van der Waals surface area contributed by atoms with Crippen molar-refractivity contribution in [1.82, 2.24) is 4.98 Å². The van der Waals surface area contributed by atoms with E-state index in [9.17, 15) is 5.11 Å². The number of allylic oxidation sites excluding steroid dienone is 1. The van der Waals surface area contributed by atoms with Crippen LogP contribution in [0.15, 0.2) is 54.9 Å². The van der Waals surface area contributed by atoms with Gasteiger partial charge in [-0.05, 0) is 56.7 Å². The molecule has 0 amide bonds. The van der Waals surface area contributed by atoms with Gasteiger partial charge in [0.25, 0.3) is 0 Å². The van der Waals surface area contributed by atoms with Crippen molar-refractivity contribution in [2.24, 2.45) is 0 Å². The molecule has 1 N–H and O–H groups in total. The fourth-order valence-electron chi connectivity index (χ4n) is 3.28. The molecule has 2 nitrogen and oxygen atoms in total. The Morgan fingerprint density at radius 2 is 1.83 bits per heavy atom. The molecule has 0 spiro atoms. The molecular weight excluding hydrogens is 282 g/mol. The van der Waals surface area contributed by atoms with Crippen LogP contribution in [0.3, 0.4) is 0 Å². The number of aliphatic hydroxyl groups is 1. The molecule has 0 saturated heterocycles. The fraction of sp³-hybridized carbons (Fsp3) is 0.381. The summed E-state index contributed by atoms with van der Waals surface area (Å²) in [6.07, 6.45) is 5.48. The topological polar surface area (TPSA) is 33.1 Å². The van der Waals surface area contributed by atoms with Crippen molar-refractivity contribution in [3.8, 4) is 0 Å². The third-order valence-corrected chi connectivity index (χ3v) is 4.26. The quantitative estimate of drug-likeness (QED) is 0.737. The maximum Gasteiger partial charge on any atom is 0.0500 e. The Kier molecular flexibility index (Phi) is 6.12. The van der Waals surface area contributed by atoms with E-state index in [1.165, 1.54) is 22.3 Å². The number of aliphatic hydroxyl groups excluding tert-OH is 1. The Hall–Kier alpha value is -1.93. The Morgan fingerprint density at radius 1 is 1.13 bits per heavy atom. The number of rotatable bonds is 7. The largest absolute Gasteiger partial charge is 0.396 e. The number of pyridine rings is 1. The van der Waals surface area contributed by atoms with E-state index >= 15 is 0 Å². The zero-order chi connectivity index (χ0) is 16.8. The fourth-order valence-corrected chi connectivity index (χ4v) is 3.28. The van der Waals surface area contributed by atoms with Gasteiger partial charge >= 0.3 is 0 Å². The first kappa shape index (κ1) is 17.4. The number of nitrogens with zero attached hydrogens (tertiary/aromatic N) is 1. The first-order valence-corrected chi connectivity index (χ1v) is 8.23. The van der Waals surface area contributed by atoms with Crippen molar-refractivity contribution in [2.75, 3.05) is 6.61 Å². The van der Waals surface area contributed by atoms with Crippen LogP contribution in [-0.2, 0) is 0 Å². The van der Waals surface area contributed by atoms with Crippen molar-refractivity contribution < 1.29 is 5.11 Å². The Balaban J connectivity index is 2.29. The van der Waals surface area contributed by atoms with Gasteiger partial charge in [-0.2, -0.15) is 0 Å². The molecule has 0 aliphatic carbocycles. The first-order chi connectivity index (χ1) is 11.0. The maximum atomic E-state index is 9.87. The molecule has 0 radical (unpaired) electrons. The number of hydrogen-bond donors (Lipinski definition) is 1. The van der Waals surface area contributed by atoms with Crippen molar-refractivity contribution in [3.05, 3.63) is 77.1 Å². The monoisotopic (exact) mass is 309 g/mol. The van der Waals surface area contributed by atoms with E-state index in [-0.39, 0.29) is 12.5 Å². The minimum Gasteiger partial charge on any atom is -0.396 e. The molecule has 122 valence electrons. The highest BCUT2D eigenvalue weighted by atomic mass is 16.3. The first-order valence-electron chi connectivity index (χ1n) is 8.23. The SMILES string of the molecule is C=C(C)C[C@@H](C[C@@H](CO)c1cccnc1)c1cc(C)cc(C)c1. The van der Waals surface area contributed by atoms with Crippen LogP contribution in [0.4, 0.5) is 0 Å². The molecule has 1 aromatic carbocycles. The molecule has 1 aromatic heterocycles. The minimum atomic E-state index is 0.105. The second-order valence-corrected chi connectivity index (χ2v) is 6.68. The van der Waals surface area contributed by atoms with Gasteiger partial charge in [-0.3, -0.25) is 4.98 Å². The minimum absolute atomic E-state index is 0.105. The summed E-state index contributed by atoms with van der Waals surface area (Å²) in [6, 6.07) is 10.7. The van der Waals surface area contributed by atoms with Crippen molar-refractivity contribution in [1.29, 1.82) is 0 Å². The van der Waals surface area contributed by atoms with Crippen LogP contribution >= 0.6 is 0 Å². The number of aryl methyl sites for hydroxylation is 2. The van der Waals surface area contributed by atoms with Crippen LogP contribution < -0.4 is 0 Å². The molecule has 1 heterocycles. The Labute approximate surface area is 139 Å². The maximum absolute atomic E-state index is 9.87. The van der Waals surface area contributed by atoms with Crippen LogP contribution in [-0.4, -0.2) is 16.7 Å². The lowest BCUT2D eigenvalue weighted by atomic mass is 9.82. The van der Waals surface area contributed by atoms with Gasteiger partial charge in [0.1, 0.15) is 0 Å². The Morgan fingerprint density at radius 3 is 2.35 bits per heavy atom. The molecule has 0 fully saturated rings. The molecular formula is C21H27NO. The van der Waals surface area contributed by atoms with Gasteiger partial charge in [0.05, 0.1) is 6.61 Å². The molecule has 0 saturated carbocycles. The van der Waals surface area contributed by atoms with Gasteiger partial charge < -0.3 is 5.11 Å². The molecule has 2 heteroatoms. The second-order valence-electron chi connectivity index (χ2n) is 6.68. The normalized spacial score (nSPS) is 13.6. The third kappa shape index (κ3) is 5.04. The summed E-state index contributed by atoms with van der Waals surface area (Å²) in [7, 11) is 0. The predicted molar refractivity (Wildman–Crippen MR) is 96.8 cm³/mol. The van der Waals surface area contributed by atoms with Gasteiger partial charge in [0.2, 0.25) is 0 Å². The molecule has 0 aliphatic heterocycles. The van der Waals surface area contributed by atoms with Crippen LogP contribution in [0, 0.1) is 13.8 Å². The van der Waals surface area contributed by atoms with E-state index in [1.54, 1.807) is 6.20 Å². The van der Waals surface area contributed by atoms with Gasteiger partial charge in [-0.15, -0.1) is 6.58 Å². The van der Waals surface area contributed by atoms with E-state index in [0.29, 0.717) is 5.92 Å². The van der Waals surface area contributed by atoms with Crippen LogP contribution in [0.25, 0.3) is 0 Å². The van der Waals surface area contributed by atoms with E-state index in [1.807, 2.05) is 18.3 Å². The smallest absolute Gasteiger partial charge is 0.0500 e. The van der Waals surface area contributed by atoms with E-state index < -0.39 is 0 Å². The zero-order valence-electron chi connectivity index (χ0n) is 14.4. The van der Waals surface area contributed by atoms with Crippen LogP contribution in [0.1, 0.15) is 53.9 Å². The second kappa shape index (κ2) is 8.07. The molecule has 0 bridgehead atoms. The average Bonchev–Trinajstić information content (AvgIpc) is 2.51. The van der Waals surface area contributed by atoms with Crippen LogP contribution in [0.2, 0.25) is 0 Å². The van der Waals surface area contributed by atoms with Crippen molar-refractivity contribution in [2.45, 2.75) is 45.4 Å². The lowest BCUT2D eigenvalue weighted by Gasteiger charge is -2.24. The van der Waals surface area contributed by atoms with E-state index in [0.717, 1.165) is 18.4 Å². The summed E-state index contributed by atoms with van der Waals surface area (Å²) in [4.78, 5) is 4.19. The molecule has 0 unspecified atom stereocenters. The summed E-state index contributed by atoms with van der Waals surface area (Å²) in [5.74, 6) is 0.470. The summed E-state index contributed by atoms with van der Waals surface area (Å²) in [6.45, 7) is 10.6. The van der Waals surface area contributed by atoms with E-state index in [4.69, 9.17) is 0 Å². The van der Waals surface area contributed by atoms with Crippen molar-refractivity contribution in [3.63, 3.8) is 0 Å².